The van der Waals surface area contributed by atoms with Crippen LogP contribution < -0.4 is 5.32 Å². The molecule has 1 amide bonds. The summed E-state index contributed by atoms with van der Waals surface area (Å²) < 4.78 is 10.2. The number of rotatable bonds is 4. The quantitative estimate of drug-likeness (QED) is 0.794. The van der Waals surface area contributed by atoms with E-state index in [4.69, 9.17) is 8.83 Å². The second-order valence-corrected chi connectivity index (χ2v) is 4.39. The average Bonchev–Trinajstić information content (AvgIpc) is 3.20. The van der Waals surface area contributed by atoms with E-state index in [-0.39, 0.29) is 11.9 Å². The van der Waals surface area contributed by atoms with Gasteiger partial charge in [-0.2, -0.15) is 0 Å². The lowest BCUT2D eigenvalue weighted by Crippen LogP contribution is -2.12. The molecular formula is C15H13N3O3. The largest absolute Gasteiger partial charge is 0.472 e. The van der Waals surface area contributed by atoms with Crippen LogP contribution in [0.3, 0.4) is 0 Å². The number of aromatic nitrogens is 2. The standard InChI is InChI=1S/C15H13N3O3/c1-2-14(19)18-15-16-12(10-3-5-20-8-10)7-13(17-15)11-4-6-21-9-11/h3-9H,2H2,1H3,(H,16,17,18,19). The molecular weight excluding hydrogens is 270 g/mol. The Morgan fingerprint density at radius 2 is 1.67 bits per heavy atom. The number of hydrogen-bond donors (Lipinski definition) is 1. The van der Waals surface area contributed by atoms with Crippen molar-refractivity contribution in [3.8, 4) is 22.5 Å². The number of amides is 1. The maximum absolute atomic E-state index is 11.5. The molecule has 21 heavy (non-hydrogen) atoms. The average molecular weight is 283 g/mol. The van der Waals surface area contributed by atoms with Gasteiger partial charge in [-0.3, -0.25) is 10.1 Å². The van der Waals surface area contributed by atoms with Gasteiger partial charge < -0.3 is 8.83 Å². The van der Waals surface area contributed by atoms with Crippen molar-refractivity contribution in [1.29, 1.82) is 0 Å². The first kappa shape index (κ1) is 13.1. The minimum atomic E-state index is -0.141. The summed E-state index contributed by atoms with van der Waals surface area (Å²) in [4.78, 5) is 20.2. The lowest BCUT2D eigenvalue weighted by molar-refractivity contribution is -0.115. The molecule has 0 saturated heterocycles. The van der Waals surface area contributed by atoms with E-state index in [1.165, 1.54) is 0 Å². The number of nitrogens with zero attached hydrogens (tertiary/aromatic N) is 2. The third-order valence-corrected chi connectivity index (χ3v) is 2.93. The lowest BCUT2D eigenvalue weighted by Gasteiger charge is -2.06. The molecule has 0 spiro atoms. The molecule has 0 aliphatic carbocycles. The van der Waals surface area contributed by atoms with Gasteiger partial charge in [-0.05, 0) is 18.2 Å². The van der Waals surface area contributed by atoms with Crippen LogP contribution in [0.2, 0.25) is 0 Å². The zero-order chi connectivity index (χ0) is 14.7. The molecule has 1 N–H and O–H groups in total. The highest BCUT2D eigenvalue weighted by Crippen LogP contribution is 2.25. The van der Waals surface area contributed by atoms with Crippen molar-refractivity contribution >= 4 is 11.9 Å². The van der Waals surface area contributed by atoms with E-state index in [1.807, 2.05) is 6.07 Å². The van der Waals surface area contributed by atoms with Gasteiger partial charge in [0.25, 0.3) is 0 Å². The van der Waals surface area contributed by atoms with Crippen LogP contribution in [0.25, 0.3) is 22.5 Å². The van der Waals surface area contributed by atoms with Crippen molar-refractivity contribution in [1.82, 2.24) is 9.97 Å². The smallest absolute Gasteiger partial charge is 0.230 e. The van der Waals surface area contributed by atoms with Crippen LogP contribution in [0.5, 0.6) is 0 Å². The molecule has 0 unspecified atom stereocenters. The zero-order valence-corrected chi connectivity index (χ0v) is 11.4. The zero-order valence-electron chi connectivity index (χ0n) is 11.4. The SMILES string of the molecule is CCC(=O)Nc1nc(-c2ccoc2)cc(-c2ccoc2)n1. The lowest BCUT2D eigenvalue weighted by atomic mass is 10.1. The molecule has 3 rings (SSSR count). The van der Waals surface area contributed by atoms with E-state index in [2.05, 4.69) is 15.3 Å². The predicted octanol–water partition coefficient (Wildman–Crippen LogP) is 3.35. The van der Waals surface area contributed by atoms with E-state index in [1.54, 1.807) is 44.1 Å². The maximum Gasteiger partial charge on any atom is 0.230 e. The molecule has 106 valence electrons. The number of anilines is 1. The van der Waals surface area contributed by atoms with Gasteiger partial charge in [-0.25, -0.2) is 9.97 Å². The summed E-state index contributed by atoms with van der Waals surface area (Å²) in [5.41, 5.74) is 2.96. The van der Waals surface area contributed by atoms with Gasteiger partial charge in [0.1, 0.15) is 0 Å². The van der Waals surface area contributed by atoms with Crippen molar-refractivity contribution in [3.63, 3.8) is 0 Å². The summed E-state index contributed by atoms with van der Waals surface area (Å²) >= 11 is 0. The molecule has 6 heteroatoms. The fourth-order valence-corrected chi connectivity index (χ4v) is 1.83. The van der Waals surface area contributed by atoms with Crippen LogP contribution in [0.1, 0.15) is 13.3 Å². The Morgan fingerprint density at radius 1 is 1.10 bits per heavy atom. The van der Waals surface area contributed by atoms with Crippen molar-refractivity contribution in [3.05, 3.63) is 43.3 Å². The van der Waals surface area contributed by atoms with Crippen molar-refractivity contribution in [2.75, 3.05) is 5.32 Å². The van der Waals surface area contributed by atoms with Crippen LogP contribution in [0, 0.1) is 0 Å². The molecule has 0 fully saturated rings. The van der Waals surface area contributed by atoms with Crippen molar-refractivity contribution < 1.29 is 13.6 Å². The van der Waals surface area contributed by atoms with Gasteiger partial charge in [0.15, 0.2) is 0 Å². The summed E-state index contributed by atoms with van der Waals surface area (Å²) in [7, 11) is 0. The molecule has 0 aliphatic rings. The van der Waals surface area contributed by atoms with Gasteiger partial charge in [0.2, 0.25) is 11.9 Å². The Bertz CT molecular complexity index is 681. The van der Waals surface area contributed by atoms with E-state index in [0.29, 0.717) is 17.8 Å². The fraction of sp³-hybridized carbons (Fsp3) is 0.133. The summed E-state index contributed by atoms with van der Waals surface area (Å²) in [6.07, 6.45) is 6.68. The molecule has 0 aliphatic heterocycles. The summed E-state index contributed by atoms with van der Waals surface area (Å²) in [5, 5.41) is 2.67. The highest BCUT2D eigenvalue weighted by molar-refractivity contribution is 5.89. The monoisotopic (exact) mass is 283 g/mol. The van der Waals surface area contributed by atoms with E-state index < -0.39 is 0 Å². The first-order valence-corrected chi connectivity index (χ1v) is 6.50. The van der Waals surface area contributed by atoms with Crippen LogP contribution in [0.15, 0.2) is 52.1 Å². The minimum Gasteiger partial charge on any atom is -0.472 e. The summed E-state index contributed by atoms with van der Waals surface area (Å²) in [6.45, 7) is 1.77. The van der Waals surface area contributed by atoms with Gasteiger partial charge in [-0.1, -0.05) is 6.92 Å². The highest BCUT2D eigenvalue weighted by atomic mass is 16.3. The molecule has 0 saturated carbocycles. The maximum atomic E-state index is 11.5. The normalized spacial score (nSPS) is 10.5. The highest BCUT2D eigenvalue weighted by Gasteiger charge is 2.11. The van der Waals surface area contributed by atoms with Gasteiger partial charge in [0, 0.05) is 17.5 Å². The molecule has 3 heterocycles. The van der Waals surface area contributed by atoms with Crippen molar-refractivity contribution in [2.45, 2.75) is 13.3 Å². The number of carbonyl (C=O) groups excluding carboxylic acids is 1. The van der Waals surface area contributed by atoms with E-state index in [9.17, 15) is 4.79 Å². The van der Waals surface area contributed by atoms with Crippen LogP contribution >= 0.6 is 0 Å². The Morgan fingerprint density at radius 3 is 2.10 bits per heavy atom. The van der Waals surface area contributed by atoms with Gasteiger partial charge in [-0.15, -0.1) is 0 Å². The van der Waals surface area contributed by atoms with Crippen LogP contribution in [-0.2, 0) is 4.79 Å². The Labute approximate surface area is 120 Å². The number of nitrogens with one attached hydrogen (secondary N) is 1. The first-order valence-electron chi connectivity index (χ1n) is 6.50. The van der Waals surface area contributed by atoms with E-state index >= 15 is 0 Å². The molecule has 0 bridgehead atoms. The first-order chi connectivity index (χ1) is 10.3. The molecule has 3 aromatic heterocycles. The van der Waals surface area contributed by atoms with E-state index in [0.717, 1.165) is 11.1 Å². The second kappa shape index (κ2) is 5.62. The summed E-state index contributed by atoms with van der Waals surface area (Å²) in [5.74, 6) is 0.120. The Hall–Kier alpha value is -2.89. The second-order valence-electron chi connectivity index (χ2n) is 4.39. The minimum absolute atomic E-state index is 0.141. The third-order valence-electron chi connectivity index (χ3n) is 2.93. The number of hydrogen-bond acceptors (Lipinski definition) is 5. The Balaban J connectivity index is 2.06. The van der Waals surface area contributed by atoms with Gasteiger partial charge in [0.05, 0.1) is 36.4 Å². The topological polar surface area (TPSA) is 81.2 Å². The summed E-state index contributed by atoms with van der Waals surface area (Å²) in [6, 6.07) is 5.41. The third kappa shape index (κ3) is 2.84. The molecule has 0 radical (unpaired) electrons. The molecule has 6 nitrogen and oxygen atoms in total. The van der Waals surface area contributed by atoms with Crippen LogP contribution in [-0.4, -0.2) is 15.9 Å². The molecule has 0 aromatic carbocycles. The fourth-order valence-electron chi connectivity index (χ4n) is 1.83. The molecule has 3 aromatic rings. The molecule has 0 atom stereocenters. The van der Waals surface area contributed by atoms with Gasteiger partial charge >= 0.3 is 0 Å². The Kier molecular flexibility index (Phi) is 3.51. The van der Waals surface area contributed by atoms with Crippen LogP contribution in [0.4, 0.5) is 5.95 Å². The van der Waals surface area contributed by atoms with Crippen molar-refractivity contribution in [2.24, 2.45) is 0 Å². The number of carbonyl (C=O) groups is 1. The predicted molar refractivity (Wildman–Crippen MR) is 76.4 cm³/mol. The number of furan rings is 2.